The second-order valence-electron chi connectivity index (χ2n) is 3.96. The predicted octanol–water partition coefficient (Wildman–Crippen LogP) is 1.77. The molecule has 0 aliphatic rings. The summed E-state index contributed by atoms with van der Waals surface area (Å²) < 4.78 is 0. The van der Waals surface area contributed by atoms with Crippen LogP contribution in [0.15, 0.2) is 18.2 Å². The Hall–Kier alpha value is -1.35. The minimum atomic E-state index is -0.941. The monoisotopic (exact) mass is 221 g/mol. The lowest BCUT2D eigenvalue weighted by atomic mass is 9.96. The molecule has 1 unspecified atom stereocenters. The number of carbonyl (C=O) groups is 1. The van der Waals surface area contributed by atoms with Gasteiger partial charge in [0.05, 0.1) is 0 Å². The molecule has 1 aromatic carbocycles. The quantitative estimate of drug-likeness (QED) is 0.796. The van der Waals surface area contributed by atoms with E-state index in [2.05, 4.69) is 32.0 Å². The van der Waals surface area contributed by atoms with Crippen LogP contribution in [0, 0.1) is 0 Å². The van der Waals surface area contributed by atoms with E-state index in [4.69, 9.17) is 10.8 Å². The van der Waals surface area contributed by atoms with Crippen LogP contribution in [0.1, 0.15) is 30.5 Å². The lowest BCUT2D eigenvalue weighted by Crippen LogP contribution is -2.32. The summed E-state index contributed by atoms with van der Waals surface area (Å²) in [7, 11) is 0. The summed E-state index contributed by atoms with van der Waals surface area (Å²) in [6.07, 6.45) is 2.28. The molecule has 16 heavy (non-hydrogen) atoms. The Morgan fingerprint density at radius 1 is 1.31 bits per heavy atom. The van der Waals surface area contributed by atoms with Gasteiger partial charge < -0.3 is 10.8 Å². The van der Waals surface area contributed by atoms with Crippen molar-refractivity contribution in [2.45, 2.75) is 39.2 Å². The van der Waals surface area contributed by atoms with Crippen molar-refractivity contribution in [2.24, 2.45) is 5.73 Å². The summed E-state index contributed by atoms with van der Waals surface area (Å²) in [4.78, 5) is 10.7. The molecule has 0 radical (unpaired) electrons. The van der Waals surface area contributed by atoms with E-state index in [0.29, 0.717) is 6.42 Å². The average molecular weight is 221 g/mol. The van der Waals surface area contributed by atoms with Gasteiger partial charge in [0.2, 0.25) is 0 Å². The second kappa shape index (κ2) is 5.66. The number of hydrogen-bond donors (Lipinski definition) is 2. The van der Waals surface area contributed by atoms with Crippen LogP contribution in [0.4, 0.5) is 0 Å². The maximum atomic E-state index is 10.7. The van der Waals surface area contributed by atoms with Crippen molar-refractivity contribution in [3.63, 3.8) is 0 Å². The number of carboxylic acid groups (broad SMARTS) is 1. The molecule has 1 aromatic rings. The first-order valence-electron chi connectivity index (χ1n) is 5.67. The summed E-state index contributed by atoms with van der Waals surface area (Å²) in [6, 6.07) is 5.43. The molecule has 0 saturated heterocycles. The molecule has 0 aliphatic carbocycles. The Kier molecular flexibility index (Phi) is 4.50. The standard InChI is InChI=1S/C13H19NO2/c1-3-9-5-6-10(4-2)11(7-9)8-12(14)13(15)16/h5-7,12H,3-4,8,14H2,1-2H3,(H,15,16). The first-order valence-corrected chi connectivity index (χ1v) is 5.67. The summed E-state index contributed by atoms with van der Waals surface area (Å²) in [5, 5.41) is 8.81. The van der Waals surface area contributed by atoms with Gasteiger partial charge in [0.1, 0.15) is 6.04 Å². The van der Waals surface area contributed by atoms with Crippen molar-refractivity contribution in [1.29, 1.82) is 0 Å². The van der Waals surface area contributed by atoms with Crippen LogP contribution >= 0.6 is 0 Å². The van der Waals surface area contributed by atoms with Crippen LogP contribution in [0.5, 0.6) is 0 Å². The highest BCUT2D eigenvalue weighted by molar-refractivity contribution is 5.73. The van der Waals surface area contributed by atoms with Crippen molar-refractivity contribution >= 4 is 5.97 Å². The second-order valence-corrected chi connectivity index (χ2v) is 3.96. The molecule has 0 fully saturated rings. The molecule has 3 N–H and O–H groups in total. The maximum Gasteiger partial charge on any atom is 0.320 e. The highest BCUT2D eigenvalue weighted by Gasteiger charge is 2.14. The van der Waals surface area contributed by atoms with Gasteiger partial charge in [0.25, 0.3) is 0 Å². The lowest BCUT2D eigenvalue weighted by Gasteiger charge is -2.12. The molecule has 0 aromatic heterocycles. The molecule has 88 valence electrons. The first kappa shape index (κ1) is 12.7. The molecule has 0 aliphatic heterocycles. The molecule has 0 spiro atoms. The SMILES string of the molecule is CCc1ccc(CC)c(CC(N)C(=O)O)c1. The van der Waals surface area contributed by atoms with Gasteiger partial charge >= 0.3 is 5.97 Å². The lowest BCUT2D eigenvalue weighted by molar-refractivity contribution is -0.138. The third-order valence-electron chi connectivity index (χ3n) is 2.82. The van der Waals surface area contributed by atoms with E-state index >= 15 is 0 Å². The molecule has 3 nitrogen and oxygen atoms in total. The molecule has 0 amide bonds. The zero-order valence-electron chi connectivity index (χ0n) is 9.86. The van der Waals surface area contributed by atoms with Gasteiger partial charge in [-0.25, -0.2) is 0 Å². The Morgan fingerprint density at radius 2 is 2.00 bits per heavy atom. The van der Waals surface area contributed by atoms with Crippen molar-refractivity contribution in [3.05, 3.63) is 34.9 Å². The summed E-state index contributed by atoms with van der Waals surface area (Å²) >= 11 is 0. The number of benzene rings is 1. The predicted molar refractivity (Wildman–Crippen MR) is 64.5 cm³/mol. The summed E-state index contributed by atoms with van der Waals surface area (Å²) in [5.41, 5.74) is 9.05. The van der Waals surface area contributed by atoms with E-state index in [1.54, 1.807) is 0 Å². The first-order chi connectivity index (χ1) is 7.58. The summed E-state index contributed by atoms with van der Waals surface area (Å²) in [6.45, 7) is 4.15. The van der Waals surface area contributed by atoms with Crippen molar-refractivity contribution < 1.29 is 9.90 Å². The van der Waals surface area contributed by atoms with E-state index in [-0.39, 0.29) is 0 Å². The van der Waals surface area contributed by atoms with Crippen LogP contribution in [0.25, 0.3) is 0 Å². The Balaban J connectivity index is 2.95. The molecule has 0 heterocycles. The van der Waals surface area contributed by atoms with Gasteiger partial charge in [-0.1, -0.05) is 32.0 Å². The minimum absolute atomic E-state index is 0.409. The van der Waals surface area contributed by atoms with Crippen LogP contribution in [-0.4, -0.2) is 17.1 Å². The fourth-order valence-electron chi connectivity index (χ4n) is 1.76. The topological polar surface area (TPSA) is 63.3 Å². The minimum Gasteiger partial charge on any atom is -0.480 e. The van der Waals surface area contributed by atoms with Gasteiger partial charge in [0.15, 0.2) is 0 Å². The van der Waals surface area contributed by atoms with E-state index in [1.165, 1.54) is 11.1 Å². The Morgan fingerprint density at radius 3 is 2.50 bits per heavy atom. The van der Waals surface area contributed by atoms with E-state index in [9.17, 15) is 4.79 Å². The van der Waals surface area contributed by atoms with Crippen LogP contribution in [0.2, 0.25) is 0 Å². The number of aryl methyl sites for hydroxylation is 2. The van der Waals surface area contributed by atoms with E-state index in [0.717, 1.165) is 18.4 Å². The van der Waals surface area contributed by atoms with E-state index < -0.39 is 12.0 Å². The molecule has 3 heteroatoms. The molecular formula is C13H19NO2. The van der Waals surface area contributed by atoms with Gasteiger partial charge in [-0.2, -0.15) is 0 Å². The number of hydrogen-bond acceptors (Lipinski definition) is 2. The molecular weight excluding hydrogens is 202 g/mol. The molecule has 0 bridgehead atoms. The van der Waals surface area contributed by atoms with Crippen LogP contribution < -0.4 is 5.73 Å². The highest BCUT2D eigenvalue weighted by atomic mass is 16.4. The third kappa shape index (κ3) is 3.07. The van der Waals surface area contributed by atoms with Crippen molar-refractivity contribution in [2.75, 3.05) is 0 Å². The highest BCUT2D eigenvalue weighted by Crippen LogP contribution is 2.15. The summed E-state index contributed by atoms with van der Waals surface area (Å²) in [5.74, 6) is -0.941. The van der Waals surface area contributed by atoms with Crippen LogP contribution in [0.3, 0.4) is 0 Å². The molecule has 0 saturated carbocycles. The number of aliphatic carboxylic acids is 1. The fourth-order valence-corrected chi connectivity index (χ4v) is 1.76. The number of nitrogens with two attached hydrogens (primary N) is 1. The normalized spacial score (nSPS) is 12.4. The third-order valence-corrected chi connectivity index (χ3v) is 2.82. The van der Waals surface area contributed by atoms with Gasteiger partial charge in [0, 0.05) is 0 Å². The van der Waals surface area contributed by atoms with Crippen molar-refractivity contribution in [1.82, 2.24) is 0 Å². The zero-order chi connectivity index (χ0) is 12.1. The number of rotatable bonds is 5. The molecule has 1 atom stereocenters. The largest absolute Gasteiger partial charge is 0.480 e. The Bertz CT molecular complexity index is 374. The van der Waals surface area contributed by atoms with Gasteiger partial charge in [-0.3, -0.25) is 4.79 Å². The smallest absolute Gasteiger partial charge is 0.320 e. The van der Waals surface area contributed by atoms with Crippen LogP contribution in [-0.2, 0) is 24.1 Å². The van der Waals surface area contributed by atoms with Gasteiger partial charge in [-0.05, 0) is 36.0 Å². The van der Waals surface area contributed by atoms with Crippen molar-refractivity contribution in [3.8, 4) is 0 Å². The Labute approximate surface area is 96.3 Å². The van der Waals surface area contributed by atoms with Gasteiger partial charge in [-0.15, -0.1) is 0 Å². The zero-order valence-corrected chi connectivity index (χ0v) is 9.86. The molecule has 1 rings (SSSR count). The maximum absolute atomic E-state index is 10.7. The van der Waals surface area contributed by atoms with E-state index in [1.807, 2.05) is 0 Å². The average Bonchev–Trinajstić information content (AvgIpc) is 2.28. The fraction of sp³-hybridized carbons (Fsp3) is 0.462. The number of carboxylic acids is 1.